The van der Waals surface area contributed by atoms with Gasteiger partial charge in [0.2, 0.25) is 0 Å². The van der Waals surface area contributed by atoms with Crippen molar-refractivity contribution in [3.8, 4) is 11.1 Å². The van der Waals surface area contributed by atoms with Gasteiger partial charge in [0.05, 0.1) is 6.26 Å². The summed E-state index contributed by atoms with van der Waals surface area (Å²) in [6, 6.07) is 14.9. The number of halogens is 1. The van der Waals surface area contributed by atoms with Crippen LogP contribution in [0.5, 0.6) is 0 Å². The fourth-order valence-electron chi connectivity index (χ4n) is 4.76. The van der Waals surface area contributed by atoms with E-state index in [9.17, 15) is 0 Å². The van der Waals surface area contributed by atoms with Gasteiger partial charge in [-0.2, -0.15) is 0 Å². The molecule has 2 heteroatoms. The monoisotopic (exact) mass is 372 g/mol. The van der Waals surface area contributed by atoms with Crippen molar-refractivity contribution in [1.29, 1.82) is 0 Å². The highest BCUT2D eigenvalue weighted by Crippen LogP contribution is 2.45. The van der Waals surface area contributed by atoms with Gasteiger partial charge in [-0.1, -0.05) is 54.6 Å². The van der Waals surface area contributed by atoms with Gasteiger partial charge in [0.25, 0.3) is 0 Å². The molecular formula is C25H21ClO. The smallest absolute Gasteiger partial charge is 0.104 e. The van der Waals surface area contributed by atoms with Crippen LogP contribution in [-0.2, 0) is 19.3 Å². The summed E-state index contributed by atoms with van der Waals surface area (Å²) < 4.78 is 5.67. The molecule has 2 aliphatic carbocycles. The van der Waals surface area contributed by atoms with E-state index in [1.54, 1.807) is 6.26 Å². The molecule has 0 radical (unpaired) electrons. The Labute approximate surface area is 165 Å². The lowest BCUT2D eigenvalue weighted by Gasteiger charge is -2.31. The quantitative estimate of drug-likeness (QED) is 0.482. The van der Waals surface area contributed by atoms with Gasteiger partial charge in [-0.25, -0.2) is 0 Å². The number of furan rings is 1. The van der Waals surface area contributed by atoms with Crippen molar-refractivity contribution >= 4 is 17.7 Å². The van der Waals surface area contributed by atoms with Crippen molar-refractivity contribution in [1.82, 2.24) is 0 Å². The van der Waals surface area contributed by atoms with Crippen LogP contribution in [0.3, 0.4) is 0 Å². The number of hydrogen-bond acceptors (Lipinski definition) is 1. The van der Waals surface area contributed by atoms with E-state index in [0.29, 0.717) is 5.92 Å². The Kier molecular flexibility index (Phi) is 4.06. The molecule has 134 valence electrons. The molecule has 1 aromatic heterocycles. The molecular weight excluding hydrogens is 352 g/mol. The molecule has 1 nitrogen and oxygen atoms in total. The molecule has 0 amide bonds. The van der Waals surface area contributed by atoms with E-state index in [-0.39, 0.29) is 0 Å². The summed E-state index contributed by atoms with van der Waals surface area (Å²) in [4.78, 5) is 0. The summed E-state index contributed by atoms with van der Waals surface area (Å²) in [5.41, 5.74) is 9.53. The first-order chi connectivity index (χ1) is 13.2. The highest BCUT2D eigenvalue weighted by atomic mass is 35.5. The van der Waals surface area contributed by atoms with Gasteiger partial charge in [-0.15, -0.1) is 0 Å². The lowest BCUT2D eigenvalue weighted by molar-refractivity contribution is 0.482. The molecule has 27 heavy (non-hydrogen) atoms. The van der Waals surface area contributed by atoms with E-state index < -0.39 is 0 Å². The number of fused-ring (bicyclic) bond motifs is 5. The second-order valence-corrected chi connectivity index (χ2v) is 7.88. The van der Waals surface area contributed by atoms with Gasteiger partial charge in [-0.05, 0) is 82.3 Å². The van der Waals surface area contributed by atoms with Gasteiger partial charge >= 0.3 is 0 Å². The largest absolute Gasteiger partial charge is 0.469 e. The minimum atomic E-state index is 0.417. The van der Waals surface area contributed by atoms with E-state index >= 15 is 0 Å². The number of benzene rings is 2. The maximum Gasteiger partial charge on any atom is 0.104 e. The van der Waals surface area contributed by atoms with Crippen LogP contribution >= 0.6 is 11.6 Å². The average Bonchev–Trinajstić information content (AvgIpc) is 3.20. The van der Waals surface area contributed by atoms with Gasteiger partial charge in [0, 0.05) is 11.4 Å². The molecule has 1 unspecified atom stereocenters. The second kappa shape index (κ2) is 6.58. The van der Waals surface area contributed by atoms with E-state index in [4.69, 9.17) is 16.0 Å². The summed E-state index contributed by atoms with van der Waals surface area (Å²) in [6.07, 6.45) is 10.0. The van der Waals surface area contributed by atoms with Crippen LogP contribution in [-0.4, -0.2) is 0 Å². The Morgan fingerprint density at radius 1 is 1.04 bits per heavy atom. The zero-order valence-corrected chi connectivity index (χ0v) is 15.9. The molecule has 0 saturated carbocycles. The summed E-state index contributed by atoms with van der Waals surface area (Å²) in [6.45, 7) is 4.01. The molecule has 0 saturated heterocycles. The van der Waals surface area contributed by atoms with E-state index in [1.807, 2.05) is 18.2 Å². The highest BCUT2D eigenvalue weighted by molar-refractivity contribution is 6.31. The third-order valence-electron chi connectivity index (χ3n) is 5.95. The van der Waals surface area contributed by atoms with E-state index in [1.165, 1.54) is 39.0 Å². The normalized spacial score (nSPS) is 17.5. The summed E-state index contributed by atoms with van der Waals surface area (Å²) in [5, 5.41) is 0.886. The van der Waals surface area contributed by atoms with Gasteiger partial charge in [0.15, 0.2) is 0 Å². The Morgan fingerprint density at radius 3 is 2.70 bits per heavy atom. The fraction of sp³-hybridized carbons (Fsp3) is 0.200. The number of allylic oxidation sites excluding steroid dienone is 2. The number of rotatable bonds is 3. The SMILES string of the molecule is C=CC1=Cc2ccc3c(c2C(Cc2ccco2)C1)CCc1c(Cl)cccc1-3. The topological polar surface area (TPSA) is 13.1 Å². The lowest BCUT2D eigenvalue weighted by atomic mass is 9.73. The zero-order chi connectivity index (χ0) is 18.4. The summed E-state index contributed by atoms with van der Waals surface area (Å²) >= 11 is 6.48. The predicted molar refractivity (Wildman–Crippen MR) is 112 cm³/mol. The molecule has 2 aromatic carbocycles. The third-order valence-corrected chi connectivity index (χ3v) is 6.30. The zero-order valence-electron chi connectivity index (χ0n) is 15.2. The van der Waals surface area contributed by atoms with Gasteiger partial charge < -0.3 is 4.42 Å². The minimum Gasteiger partial charge on any atom is -0.469 e. The van der Waals surface area contributed by atoms with Crippen molar-refractivity contribution in [3.63, 3.8) is 0 Å². The van der Waals surface area contributed by atoms with Crippen LogP contribution in [0.1, 0.15) is 40.4 Å². The van der Waals surface area contributed by atoms with Crippen molar-refractivity contribution in [2.75, 3.05) is 0 Å². The first kappa shape index (κ1) is 16.6. The average molecular weight is 373 g/mol. The van der Waals surface area contributed by atoms with Crippen LogP contribution in [0.4, 0.5) is 0 Å². The van der Waals surface area contributed by atoms with Gasteiger partial charge in [-0.3, -0.25) is 0 Å². The summed E-state index contributed by atoms with van der Waals surface area (Å²) in [7, 11) is 0. The van der Waals surface area contributed by atoms with Crippen LogP contribution in [0.15, 0.2) is 71.4 Å². The molecule has 0 spiro atoms. The van der Waals surface area contributed by atoms with Crippen LogP contribution < -0.4 is 0 Å². The molecule has 0 bridgehead atoms. The Hall–Kier alpha value is -2.51. The number of hydrogen-bond donors (Lipinski definition) is 0. The minimum absolute atomic E-state index is 0.417. The van der Waals surface area contributed by atoms with Crippen molar-refractivity contribution in [2.24, 2.45) is 0 Å². The molecule has 1 heterocycles. The van der Waals surface area contributed by atoms with Crippen molar-refractivity contribution < 1.29 is 4.42 Å². The van der Waals surface area contributed by atoms with E-state index in [0.717, 1.165) is 36.5 Å². The Balaban J connectivity index is 1.68. The van der Waals surface area contributed by atoms with Crippen molar-refractivity contribution in [2.45, 2.75) is 31.6 Å². The molecule has 0 N–H and O–H groups in total. The first-order valence-electron chi connectivity index (χ1n) is 9.53. The molecule has 1 atom stereocenters. The second-order valence-electron chi connectivity index (χ2n) is 7.47. The Bertz CT molecular complexity index is 1060. The molecule has 3 aromatic rings. The van der Waals surface area contributed by atoms with Crippen LogP contribution in [0.25, 0.3) is 17.2 Å². The van der Waals surface area contributed by atoms with E-state index in [2.05, 4.69) is 43.0 Å². The van der Waals surface area contributed by atoms with Gasteiger partial charge in [0.1, 0.15) is 5.76 Å². The predicted octanol–water partition coefficient (Wildman–Crippen LogP) is 7.00. The summed E-state index contributed by atoms with van der Waals surface area (Å²) in [5.74, 6) is 1.47. The first-order valence-corrected chi connectivity index (χ1v) is 9.91. The highest BCUT2D eigenvalue weighted by Gasteiger charge is 2.29. The maximum atomic E-state index is 6.48. The molecule has 0 aliphatic heterocycles. The van der Waals surface area contributed by atoms with Crippen LogP contribution in [0.2, 0.25) is 5.02 Å². The molecule has 5 rings (SSSR count). The lowest BCUT2D eigenvalue weighted by Crippen LogP contribution is -2.16. The van der Waals surface area contributed by atoms with Crippen molar-refractivity contribution in [3.05, 3.63) is 100.0 Å². The maximum absolute atomic E-state index is 6.48. The standard InChI is InChI=1S/C25H21ClO/c1-2-16-13-17-8-9-21-20-6-3-7-24(26)22(20)10-11-23(21)25(17)18(14-16)15-19-5-4-12-27-19/h2-9,12-13,18H,1,10-11,14-15H2. The fourth-order valence-corrected chi connectivity index (χ4v) is 5.03. The molecule has 2 aliphatic rings. The molecule has 0 fully saturated rings. The van der Waals surface area contributed by atoms with Crippen LogP contribution in [0, 0.1) is 0 Å². The Morgan fingerprint density at radius 2 is 1.89 bits per heavy atom. The third kappa shape index (κ3) is 2.78.